The van der Waals surface area contributed by atoms with Crippen LogP contribution < -0.4 is 15.4 Å². The molecule has 0 saturated heterocycles. The van der Waals surface area contributed by atoms with Crippen LogP contribution in [0.2, 0.25) is 0 Å². The standard InChI is InChI=1S/C26H24N8O2.C2H6O/c1-16-10-17(5-7-22(16)36-19-8-9-34-23(12-19)28-15-30-34)31-24-20-11-18(4-6-21(20)27-14-29-24)32-25-33-26(2,3)13-35-25;1-2-3/h4-12,14-15H,13H2,1-3H3,(H,32,33)(H,27,29,31);3H,2H2,1H3. The molecule has 0 unspecified atom stereocenters. The largest absolute Gasteiger partial charge is 0.462 e. The number of nitrogens with zero attached hydrogens (tertiary/aromatic N) is 6. The molecule has 0 fully saturated rings. The zero-order valence-corrected chi connectivity index (χ0v) is 22.2. The molecule has 0 aliphatic carbocycles. The SMILES string of the molecule is CCO.Cc1cc(Nc2ncnc3ccc(NC4=NC(C)(C)CO4)cc23)ccc1Oc1ccn2ncnc2c1. The van der Waals surface area contributed by atoms with Crippen molar-refractivity contribution in [2.24, 2.45) is 4.99 Å². The van der Waals surface area contributed by atoms with Crippen LogP contribution >= 0.6 is 0 Å². The number of fused-ring (bicyclic) bond motifs is 2. The summed E-state index contributed by atoms with van der Waals surface area (Å²) >= 11 is 0. The fourth-order valence-electron chi connectivity index (χ4n) is 3.97. The molecule has 0 amide bonds. The second-order valence-corrected chi connectivity index (χ2v) is 9.55. The van der Waals surface area contributed by atoms with Gasteiger partial charge in [0, 0.05) is 35.6 Å². The summed E-state index contributed by atoms with van der Waals surface area (Å²) in [5.41, 5.74) is 4.03. The van der Waals surface area contributed by atoms with Gasteiger partial charge in [-0.25, -0.2) is 24.5 Å². The van der Waals surface area contributed by atoms with Gasteiger partial charge in [-0.3, -0.25) is 0 Å². The highest BCUT2D eigenvalue weighted by Gasteiger charge is 2.26. The summed E-state index contributed by atoms with van der Waals surface area (Å²) in [5, 5.41) is 19.2. The average Bonchev–Trinajstić information content (AvgIpc) is 3.51. The first-order valence-electron chi connectivity index (χ1n) is 12.5. The van der Waals surface area contributed by atoms with E-state index >= 15 is 0 Å². The van der Waals surface area contributed by atoms with Gasteiger partial charge in [-0.1, -0.05) is 0 Å². The van der Waals surface area contributed by atoms with Crippen molar-refractivity contribution in [3.63, 3.8) is 0 Å². The topological polar surface area (TPSA) is 131 Å². The summed E-state index contributed by atoms with van der Waals surface area (Å²) in [4.78, 5) is 17.7. The van der Waals surface area contributed by atoms with Crippen LogP contribution in [0.5, 0.6) is 11.5 Å². The number of aliphatic imine (C=N–C) groups is 1. The van der Waals surface area contributed by atoms with Crippen molar-refractivity contribution >= 4 is 39.8 Å². The van der Waals surface area contributed by atoms with E-state index in [4.69, 9.17) is 14.6 Å². The molecule has 1 aliphatic rings. The molecule has 0 bridgehead atoms. The molecule has 4 heterocycles. The van der Waals surface area contributed by atoms with Gasteiger partial charge in [-0.2, -0.15) is 5.10 Å². The summed E-state index contributed by atoms with van der Waals surface area (Å²) in [6.45, 7) is 8.55. The van der Waals surface area contributed by atoms with Gasteiger partial charge in [0.1, 0.15) is 36.6 Å². The number of hydrogen-bond donors (Lipinski definition) is 3. The van der Waals surface area contributed by atoms with E-state index in [9.17, 15) is 0 Å². The van der Waals surface area contributed by atoms with Crippen molar-refractivity contribution < 1.29 is 14.6 Å². The Balaban J connectivity index is 0.000000983. The van der Waals surface area contributed by atoms with E-state index in [0.717, 1.165) is 39.2 Å². The van der Waals surface area contributed by atoms with Gasteiger partial charge in [0.25, 0.3) is 6.02 Å². The second kappa shape index (κ2) is 10.9. The Morgan fingerprint density at radius 1 is 1.00 bits per heavy atom. The van der Waals surface area contributed by atoms with E-state index in [2.05, 4.69) is 35.7 Å². The Kier molecular flexibility index (Phi) is 7.24. The summed E-state index contributed by atoms with van der Waals surface area (Å²) in [5.74, 6) is 2.15. The van der Waals surface area contributed by atoms with E-state index in [1.54, 1.807) is 17.8 Å². The van der Waals surface area contributed by atoms with E-state index < -0.39 is 0 Å². The lowest BCUT2D eigenvalue weighted by Crippen LogP contribution is -2.17. The zero-order valence-electron chi connectivity index (χ0n) is 22.2. The van der Waals surface area contributed by atoms with Crippen molar-refractivity contribution in [3.8, 4) is 11.5 Å². The van der Waals surface area contributed by atoms with Gasteiger partial charge < -0.3 is 25.2 Å². The van der Waals surface area contributed by atoms with E-state index in [1.165, 1.54) is 6.33 Å². The van der Waals surface area contributed by atoms with Crippen LogP contribution in [-0.2, 0) is 4.74 Å². The van der Waals surface area contributed by atoms with Crippen LogP contribution in [0.25, 0.3) is 16.6 Å². The fraction of sp³-hybridized carbons (Fsp3) is 0.250. The number of aromatic nitrogens is 5. The lowest BCUT2D eigenvalue weighted by molar-refractivity contribution is 0.278. The van der Waals surface area contributed by atoms with Crippen LogP contribution in [0.1, 0.15) is 26.3 Å². The van der Waals surface area contributed by atoms with E-state index in [0.29, 0.717) is 24.2 Å². The second-order valence-electron chi connectivity index (χ2n) is 9.55. The number of aryl methyl sites for hydroxylation is 1. The van der Waals surface area contributed by atoms with Gasteiger partial charge in [0.05, 0.1) is 11.1 Å². The number of amidine groups is 1. The number of hydrogen-bond acceptors (Lipinski definition) is 10. The zero-order chi connectivity index (χ0) is 27.4. The Morgan fingerprint density at radius 2 is 1.79 bits per heavy atom. The average molecular weight is 527 g/mol. The van der Waals surface area contributed by atoms with Crippen molar-refractivity contribution in [1.29, 1.82) is 0 Å². The molecule has 39 heavy (non-hydrogen) atoms. The minimum Gasteiger partial charge on any atom is -0.462 e. The number of benzene rings is 2. The first-order chi connectivity index (χ1) is 18.8. The molecular formula is C28H30N8O3. The molecule has 3 N–H and O–H groups in total. The number of nitrogens with one attached hydrogen (secondary N) is 2. The first kappa shape index (κ1) is 25.9. The van der Waals surface area contributed by atoms with Crippen molar-refractivity contribution in [1.82, 2.24) is 24.6 Å². The fourth-order valence-corrected chi connectivity index (χ4v) is 3.97. The summed E-state index contributed by atoms with van der Waals surface area (Å²) in [6.07, 6.45) is 4.88. The van der Waals surface area contributed by atoms with E-state index in [-0.39, 0.29) is 12.1 Å². The van der Waals surface area contributed by atoms with Crippen LogP contribution in [0.15, 0.2) is 72.4 Å². The van der Waals surface area contributed by atoms with Crippen molar-refractivity contribution in [3.05, 3.63) is 72.9 Å². The van der Waals surface area contributed by atoms with Gasteiger partial charge in [0.15, 0.2) is 5.65 Å². The predicted molar refractivity (Wildman–Crippen MR) is 151 cm³/mol. The van der Waals surface area contributed by atoms with Crippen LogP contribution in [0, 0.1) is 6.92 Å². The maximum absolute atomic E-state index is 7.57. The van der Waals surface area contributed by atoms with Crippen LogP contribution in [-0.4, -0.2) is 54.4 Å². The molecule has 11 nitrogen and oxygen atoms in total. The molecule has 5 aromatic rings. The Labute approximate surface area is 225 Å². The van der Waals surface area contributed by atoms with E-state index in [1.807, 2.05) is 75.5 Å². The molecule has 0 saturated carbocycles. The highest BCUT2D eigenvalue weighted by atomic mass is 16.5. The number of aliphatic hydroxyl groups is 1. The highest BCUT2D eigenvalue weighted by Crippen LogP contribution is 2.31. The predicted octanol–water partition coefficient (Wildman–Crippen LogP) is 5.09. The summed E-state index contributed by atoms with van der Waals surface area (Å²) in [7, 11) is 0. The number of rotatable bonds is 5. The molecule has 200 valence electrons. The van der Waals surface area contributed by atoms with Crippen LogP contribution in [0.3, 0.4) is 0 Å². The third kappa shape index (κ3) is 6.04. The number of anilines is 3. The maximum atomic E-state index is 7.57. The minimum absolute atomic E-state index is 0.230. The molecule has 1 aliphatic heterocycles. The summed E-state index contributed by atoms with van der Waals surface area (Å²) < 4.78 is 13.4. The quantitative estimate of drug-likeness (QED) is 0.286. The lowest BCUT2D eigenvalue weighted by Gasteiger charge is -2.13. The number of ether oxygens (including phenoxy) is 2. The summed E-state index contributed by atoms with van der Waals surface area (Å²) in [6, 6.07) is 16.0. The third-order valence-electron chi connectivity index (χ3n) is 5.77. The third-order valence-corrected chi connectivity index (χ3v) is 5.77. The van der Waals surface area contributed by atoms with Gasteiger partial charge in [-0.05, 0) is 75.7 Å². The number of pyridine rings is 1. The van der Waals surface area contributed by atoms with Crippen molar-refractivity contribution in [2.45, 2.75) is 33.2 Å². The van der Waals surface area contributed by atoms with Crippen LogP contribution in [0.4, 0.5) is 17.2 Å². The molecule has 3 aromatic heterocycles. The minimum atomic E-state index is -0.230. The molecule has 11 heteroatoms. The lowest BCUT2D eigenvalue weighted by atomic mass is 10.1. The molecule has 2 aromatic carbocycles. The van der Waals surface area contributed by atoms with Crippen molar-refractivity contribution in [2.75, 3.05) is 23.8 Å². The Bertz CT molecular complexity index is 1650. The molecule has 0 radical (unpaired) electrons. The molecule has 6 rings (SSSR count). The molecule has 0 atom stereocenters. The van der Waals surface area contributed by atoms with Gasteiger partial charge >= 0.3 is 0 Å². The van der Waals surface area contributed by atoms with Gasteiger partial charge in [-0.15, -0.1) is 0 Å². The normalized spacial score (nSPS) is 13.8. The molecular weight excluding hydrogens is 496 g/mol. The first-order valence-corrected chi connectivity index (χ1v) is 12.5. The highest BCUT2D eigenvalue weighted by molar-refractivity contribution is 5.97. The smallest absolute Gasteiger partial charge is 0.289 e. The van der Waals surface area contributed by atoms with Gasteiger partial charge in [0.2, 0.25) is 0 Å². The molecule has 0 spiro atoms. The number of aliphatic hydroxyl groups excluding tert-OH is 1. The monoisotopic (exact) mass is 526 g/mol. The maximum Gasteiger partial charge on any atom is 0.289 e. The Morgan fingerprint density at radius 3 is 2.56 bits per heavy atom. The Hall–Kier alpha value is -4.77.